The number of nitrogens with two attached hydrogens (primary N) is 2. The van der Waals surface area contributed by atoms with Gasteiger partial charge in [0, 0.05) is 5.69 Å². The molecule has 0 bridgehead atoms. The molecule has 0 amide bonds. The SMILES string of the molecule is [B]C(CN)c1c(CC)ccc(CCC(C)(C)O)c1N. The van der Waals surface area contributed by atoms with Gasteiger partial charge in [0.25, 0.3) is 0 Å². The van der Waals surface area contributed by atoms with E-state index in [0.717, 1.165) is 35.2 Å². The summed E-state index contributed by atoms with van der Waals surface area (Å²) in [6.07, 6.45) is 2.29. The smallest absolute Gasteiger partial charge is 0.0782 e. The van der Waals surface area contributed by atoms with E-state index in [9.17, 15) is 5.11 Å². The molecule has 2 radical (unpaired) electrons. The normalized spacial score (nSPS) is 13.5. The van der Waals surface area contributed by atoms with Crippen LogP contribution >= 0.6 is 0 Å². The van der Waals surface area contributed by atoms with E-state index in [0.29, 0.717) is 13.0 Å². The van der Waals surface area contributed by atoms with Gasteiger partial charge in [0.1, 0.15) is 0 Å². The average Bonchev–Trinajstić information content (AvgIpc) is 2.34. The summed E-state index contributed by atoms with van der Waals surface area (Å²) in [5.41, 5.74) is 15.1. The molecule has 104 valence electrons. The van der Waals surface area contributed by atoms with Gasteiger partial charge in [0.2, 0.25) is 0 Å². The van der Waals surface area contributed by atoms with Gasteiger partial charge >= 0.3 is 0 Å². The second-order valence-electron chi connectivity index (χ2n) is 5.72. The third-order valence-electron chi connectivity index (χ3n) is 3.48. The van der Waals surface area contributed by atoms with E-state index >= 15 is 0 Å². The number of benzene rings is 1. The van der Waals surface area contributed by atoms with E-state index in [2.05, 4.69) is 13.0 Å². The van der Waals surface area contributed by atoms with Crippen molar-refractivity contribution in [2.45, 2.75) is 51.5 Å². The first-order valence-corrected chi connectivity index (χ1v) is 6.88. The van der Waals surface area contributed by atoms with Crippen molar-refractivity contribution in [2.24, 2.45) is 5.73 Å². The molecule has 1 rings (SSSR count). The summed E-state index contributed by atoms with van der Waals surface area (Å²) >= 11 is 0. The molecule has 1 unspecified atom stereocenters. The average molecular weight is 260 g/mol. The molecule has 0 aliphatic carbocycles. The van der Waals surface area contributed by atoms with Crippen LogP contribution in [0.2, 0.25) is 0 Å². The summed E-state index contributed by atoms with van der Waals surface area (Å²) in [6, 6.07) is 4.10. The Hall–Kier alpha value is -0.995. The number of anilines is 1. The highest BCUT2D eigenvalue weighted by Gasteiger charge is 2.17. The standard InChI is InChI=1S/C15H25BN2O/c1-4-10-5-6-11(7-8-15(2,3)19)14(18)13(10)12(16)9-17/h5-6,12,19H,4,7-9,17-18H2,1-3H3. The molecule has 0 fully saturated rings. The van der Waals surface area contributed by atoms with Crippen LogP contribution in [0.1, 0.15) is 49.7 Å². The molecular weight excluding hydrogens is 235 g/mol. The topological polar surface area (TPSA) is 72.3 Å². The lowest BCUT2D eigenvalue weighted by Gasteiger charge is -2.22. The van der Waals surface area contributed by atoms with Gasteiger partial charge < -0.3 is 16.6 Å². The predicted octanol–water partition coefficient (Wildman–Crippen LogP) is 1.70. The Balaban J connectivity index is 3.08. The van der Waals surface area contributed by atoms with Crippen LogP contribution in [-0.2, 0) is 12.8 Å². The van der Waals surface area contributed by atoms with E-state index in [1.54, 1.807) is 13.8 Å². The van der Waals surface area contributed by atoms with Crippen molar-refractivity contribution in [1.82, 2.24) is 0 Å². The van der Waals surface area contributed by atoms with Gasteiger partial charge in [-0.25, -0.2) is 0 Å². The zero-order valence-electron chi connectivity index (χ0n) is 12.2. The molecule has 0 saturated heterocycles. The van der Waals surface area contributed by atoms with Crippen molar-refractivity contribution in [3.8, 4) is 0 Å². The fourth-order valence-corrected chi connectivity index (χ4v) is 2.25. The van der Waals surface area contributed by atoms with Crippen LogP contribution in [0.25, 0.3) is 0 Å². The van der Waals surface area contributed by atoms with Crippen molar-refractivity contribution in [3.63, 3.8) is 0 Å². The zero-order valence-corrected chi connectivity index (χ0v) is 12.2. The third-order valence-corrected chi connectivity index (χ3v) is 3.48. The molecule has 1 aromatic rings. The minimum absolute atomic E-state index is 0.225. The quantitative estimate of drug-likeness (QED) is 0.538. The zero-order chi connectivity index (χ0) is 14.6. The van der Waals surface area contributed by atoms with Crippen molar-refractivity contribution >= 4 is 13.5 Å². The molecule has 19 heavy (non-hydrogen) atoms. The second-order valence-corrected chi connectivity index (χ2v) is 5.72. The Morgan fingerprint density at radius 2 is 1.89 bits per heavy atom. The molecule has 0 aromatic heterocycles. The van der Waals surface area contributed by atoms with Crippen molar-refractivity contribution < 1.29 is 5.11 Å². The van der Waals surface area contributed by atoms with E-state index in [1.165, 1.54) is 0 Å². The first-order chi connectivity index (χ1) is 8.80. The summed E-state index contributed by atoms with van der Waals surface area (Å²) < 4.78 is 0. The highest BCUT2D eigenvalue weighted by atomic mass is 16.3. The lowest BCUT2D eigenvalue weighted by Crippen LogP contribution is -2.20. The maximum absolute atomic E-state index is 9.81. The second kappa shape index (κ2) is 6.44. The number of hydrogen-bond donors (Lipinski definition) is 3. The number of hydrogen-bond acceptors (Lipinski definition) is 3. The highest BCUT2D eigenvalue weighted by molar-refractivity contribution is 6.13. The van der Waals surface area contributed by atoms with Crippen molar-refractivity contribution in [3.05, 3.63) is 28.8 Å². The van der Waals surface area contributed by atoms with Crippen molar-refractivity contribution in [2.75, 3.05) is 12.3 Å². The van der Waals surface area contributed by atoms with Crippen LogP contribution in [-0.4, -0.2) is 25.1 Å². The Bertz CT molecular complexity index is 427. The Labute approximate surface area is 117 Å². The van der Waals surface area contributed by atoms with Crippen LogP contribution in [0.15, 0.2) is 12.1 Å². The van der Waals surface area contributed by atoms with Gasteiger partial charge in [-0.15, -0.1) is 0 Å². The Kier molecular flexibility index (Phi) is 5.44. The summed E-state index contributed by atoms with van der Waals surface area (Å²) in [6.45, 7) is 6.07. The maximum Gasteiger partial charge on any atom is 0.0782 e. The van der Waals surface area contributed by atoms with Crippen LogP contribution in [0.4, 0.5) is 5.69 Å². The molecule has 0 saturated carbocycles. The van der Waals surface area contributed by atoms with Gasteiger partial charge in [-0.2, -0.15) is 0 Å². The van der Waals surface area contributed by atoms with Gasteiger partial charge in [0.05, 0.1) is 13.4 Å². The molecule has 1 atom stereocenters. The molecule has 0 aliphatic rings. The maximum atomic E-state index is 9.81. The predicted molar refractivity (Wildman–Crippen MR) is 82.4 cm³/mol. The molecule has 3 nitrogen and oxygen atoms in total. The van der Waals surface area contributed by atoms with Crippen molar-refractivity contribution in [1.29, 1.82) is 0 Å². The number of rotatable bonds is 6. The van der Waals surface area contributed by atoms with Crippen LogP contribution < -0.4 is 11.5 Å². The molecule has 0 spiro atoms. The van der Waals surface area contributed by atoms with E-state index < -0.39 is 5.60 Å². The first-order valence-electron chi connectivity index (χ1n) is 6.88. The number of aryl methyl sites for hydroxylation is 2. The lowest BCUT2D eigenvalue weighted by atomic mass is 9.76. The van der Waals surface area contributed by atoms with E-state index in [4.69, 9.17) is 19.3 Å². The minimum atomic E-state index is -0.688. The molecule has 5 N–H and O–H groups in total. The van der Waals surface area contributed by atoms with Gasteiger partial charge in [-0.1, -0.05) is 19.1 Å². The summed E-state index contributed by atoms with van der Waals surface area (Å²) in [5.74, 6) is -0.225. The van der Waals surface area contributed by atoms with E-state index in [-0.39, 0.29) is 5.82 Å². The van der Waals surface area contributed by atoms with Crippen LogP contribution in [0.5, 0.6) is 0 Å². The lowest BCUT2D eigenvalue weighted by molar-refractivity contribution is 0.0714. The number of nitrogen functional groups attached to an aromatic ring is 1. The largest absolute Gasteiger partial charge is 0.398 e. The monoisotopic (exact) mass is 260 g/mol. The van der Waals surface area contributed by atoms with E-state index in [1.807, 2.05) is 6.07 Å². The Morgan fingerprint density at radius 1 is 1.32 bits per heavy atom. The third kappa shape index (κ3) is 4.25. The van der Waals surface area contributed by atoms with Gasteiger partial charge in [-0.05, 0) is 62.2 Å². The summed E-state index contributed by atoms with van der Waals surface area (Å²) in [5, 5.41) is 9.81. The molecule has 1 aromatic carbocycles. The fraction of sp³-hybridized carbons (Fsp3) is 0.600. The fourth-order valence-electron chi connectivity index (χ4n) is 2.25. The molecule has 4 heteroatoms. The van der Waals surface area contributed by atoms with Crippen LogP contribution in [0, 0.1) is 0 Å². The Morgan fingerprint density at radius 3 is 2.37 bits per heavy atom. The van der Waals surface area contributed by atoms with Gasteiger partial charge in [-0.3, -0.25) is 0 Å². The molecule has 0 heterocycles. The highest BCUT2D eigenvalue weighted by Crippen LogP contribution is 2.29. The molecule has 0 aliphatic heterocycles. The molecular formula is C15H25BN2O. The first kappa shape index (κ1) is 16.1. The number of aliphatic hydroxyl groups is 1. The minimum Gasteiger partial charge on any atom is -0.398 e. The van der Waals surface area contributed by atoms with Gasteiger partial charge in [0.15, 0.2) is 0 Å². The van der Waals surface area contributed by atoms with Crippen LogP contribution in [0.3, 0.4) is 0 Å². The summed E-state index contributed by atoms with van der Waals surface area (Å²) in [7, 11) is 6.07. The summed E-state index contributed by atoms with van der Waals surface area (Å²) in [4.78, 5) is 0.